The van der Waals surface area contributed by atoms with E-state index in [2.05, 4.69) is 28.4 Å². The molecule has 0 radical (unpaired) electrons. The maximum Gasteiger partial charge on any atom is 0.500 e. The second-order valence-electron chi connectivity index (χ2n) is 4.44. The zero-order valence-electron chi connectivity index (χ0n) is 13.4. The molecule has 22 heavy (non-hydrogen) atoms. The van der Waals surface area contributed by atoms with Crippen molar-refractivity contribution in [1.82, 2.24) is 15.8 Å². The first-order chi connectivity index (χ1) is 10.6. The molecule has 0 aromatic rings. The van der Waals surface area contributed by atoms with Gasteiger partial charge in [-0.2, -0.15) is 0 Å². The first-order valence-electron chi connectivity index (χ1n) is 7.53. The number of hydrogen-bond donors (Lipinski definition) is 3. The average Bonchev–Trinajstić information content (AvgIpc) is 2.47. The molecule has 10 heteroatoms. The fourth-order valence-corrected chi connectivity index (χ4v) is 5.23. The summed E-state index contributed by atoms with van der Waals surface area (Å²) in [5.74, 6) is 0. The molecular formula is C12H26N4O3S2Si. The lowest BCUT2D eigenvalue weighted by Crippen LogP contribution is -2.54. The van der Waals surface area contributed by atoms with Crippen LogP contribution in [0.1, 0.15) is 27.2 Å². The van der Waals surface area contributed by atoms with Gasteiger partial charge in [-0.15, -0.1) is 12.6 Å². The monoisotopic (exact) mass is 366 g/mol. The van der Waals surface area contributed by atoms with E-state index in [1.54, 1.807) is 11.3 Å². The Bertz CT molecular complexity index is 359. The normalized spacial score (nSPS) is 18.6. The lowest BCUT2D eigenvalue weighted by molar-refractivity contribution is 0.0705. The molecule has 0 saturated carbocycles. The maximum absolute atomic E-state index is 5.82. The van der Waals surface area contributed by atoms with Crippen LogP contribution in [0.15, 0.2) is 4.99 Å². The van der Waals surface area contributed by atoms with E-state index in [0.717, 1.165) is 12.5 Å². The Morgan fingerprint density at radius 3 is 2.41 bits per heavy atom. The van der Waals surface area contributed by atoms with E-state index in [4.69, 9.17) is 25.5 Å². The standard InChI is InChI=1S/C12H26N4O3S2Si/c1-4-17-22(18-5-2,19-6-3)9-7-8-15-16-11(20)13-10-14-12(16)21/h10-11,15,20H,4-9H2,1-3H3,(H,13,14,21). The van der Waals surface area contributed by atoms with Crippen LogP contribution in [0.3, 0.4) is 0 Å². The molecule has 0 aromatic heterocycles. The lowest BCUT2D eigenvalue weighted by atomic mass is 10.5. The van der Waals surface area contributed by atoms with Gasteiger partial charge in [-0.25, -0.2) is 10.4 Å². The van der Waals surface area contributed by atoms with E-state index in [1.165, 1.54) is 0 Å². The highest BCUT2D eigenvalue weighted by atomic mass is 32.1. The zero-order valence-corrected chi connectivity index (χ0v) is 16.1. The molecule has 1 aliphatic heterocycles. The van der Waals surface area contributed by atoms with E-state index >= 15 is 0 Å². The minimum Gasteiger partial charge on any atom is -0.374 e. The van der Waals surface area contributed by atoms with E-state index in [9.17, 15) is 0 Å². The van der Waals surface area contributed by atoms with Crippen LogP contribution in [-0.4, -0.2) is 57.1 Å². The van der Waals surface area contributed by atoms with E-state index in [1.807, 2.05) is 20.8 Å². The number of thiocarbonyl (C=S) groups is 1. The third-order valence-corrected chi connectivity index (χ3v) is 6.71. The summed E-state index contributed by atoms with van der Waals surface area (Å²) in [6, 6.07) is 0.754. The molecule has 0 spiro atoms. The summed E-state index contributed by atoms with van der Waals surface area (Å²) in [7, 11) is -2.57. The minimum absolute atomic E-state index is 0.318. The van der Waals surface area contributed by atoms with Crippen LogP contribution in [0.25, 0.3) is 0 Å². The van der Waals surface area contributed by atoms with Gasteiger partial charge in [0.15, 0.2) is 10.6 Å². The van der Waals surface area contributed by atoms with Gasteiger partial charge in [0.05, 0.1) is 6.34 Å². The third kappa shape index (κ3) is 6.11. The van der Waals surface area contributed by atoms with Gasteiger partial charge in [0.2, 0.25) is 0 Å². The third-order valence-electron chi connectivity index (χ3n) is 2.88. The first-order valence-corrected chi connectivity index (χ1v) is 10.4. The number of rotatable bonds is 11. The van der Waals surface area contributed by atoms with Gasteiger partial charge in [0, 0.05) is 32.4 Å². The Morgan fingerprint density at radius 2 is 1.91 bits per heavy atom. The Morgan fingerprint density at radius 1 is 1.32 bits per heavy atom. The van der Waals surface area contributed by atoms with Crippen LogP contribution in [0.5, 0.6) is 0 Å². The second kappa shape index (κ2) is 10.5. The largest absolute Gasteiger partial charge is 0.500 e. The molecule has 1 aliphatic rings. The summed E-state index contributed by atoms with van der Waals surface area (Å²) in [4.78, 5) is 4.12. The van der Waals surface area contributed by atoms with Crippen molar-refractivity contribution in [2.45, 2.75) is 38.7 Å². The molecular weight excluding hydrogens is 340 g/mol. The zero-order chi connectivity index (χ0) is 16.4. The van der Waals surface area contributed by atoms with E-state index in [-0.39, 0.29) is 5.50 Å². The Labute approximate surface area is 144 Å². The number of hydrazine groups is 1. The van der Waals surface area contributed by atoms with Crippen molar-refractivity contribution < 1.29 is 13.3 Å². The van der Waals surface area contributed by atoms with Crippen molar-refractivity contribution in [3.05, 3.63) is 0 Å². The van der Waals surface area contributed by atoms with Gasteiger partial charge in [-0.1, -0.05) is 0 Å². The predicted octanol–water partition coefficient (Wildman–Crippen LogP) is 1.36. The molecule has 0 fully saturated rings. The number of nitrogens with zero attached hydrogens (tertiary/aromatic N) is 2. The quantitative estimate of drug-likeness (QED) is 0.221. The summed E-state index contributed by atoms with van der Waals surface area (Å²) in [6.45, 7) is 8.35. The smallest absolute Gasteiger partial charge is 0.374 e. The summed E-state index contributed by atoms with van der Waals surface area (Å²) < 4.78 is 17.5. The molecule has 128 valence electrons. The molecule has 2 N–H and O–H groups in total. The molecule has 1 heterocycles. The first kappa shape index (κ1) is 19.8. The molecule has 7 nitrogen and oxygen atoms in total. The molecule has 1 unspecified atom stereocenters. The Balaban J connectivity index is 2.44. The van der Waals surface area contributed by atoms with Crippen LogP contribution in [0, 0.1) is 0 Å². The van der Waals surface area contributed by atoms with Gasteiger partial charge >= 0.3 is 8.80 Å². The molecule has 0 bridgehead atoms. The minimum atomic E-state index is -2.57. The fourth-order valence-electron chi connectivity index (χ4n) is 2.06. The molecule has 0 saturated heterocycles. The second-order valence-corrected chi connectivity index (χ2v) is 8.02. The summed E-state index contributed by atoms with van der Waals surface area (Å²) in [5.41, 5.74) is 2.90. The van der Waals surface area contributed by atoms with Gasteiger partial charge in [-0.3, -0.25) is 5.01 Å². The summed E-state index contributed by atoms with van der Waals surface area (Å²) in [6.07, 6.45) is 2.39. The van der Waals surface area contributed by atoms with Gasteiger partial charge < -0.3 is 18.6 Å². The lowest BCUT2D eigenvalue weighted by Gasteiger charge is -2.32. The highest BCUT2D eigenvalue weighted by Gasteiger charge is 2.39. The number of thiol groups is 1. The summed E-state index contributed by atoms with van der Waals surface area (Å²) >= 11 is 9.55. The van der Waals surface area contributed by atoms with Crippen molar-refractivity contribution in [2.24, 2.45) is 4.99 Å². The molecule has 0 aliphatic carbocycles. The molecule has 1 atom stereocenters. The van der Waals surface area contributed by atoms with Crippen molar-refractivity contribution in [3.63, 3.8) is 0 Å². The molecule has 0 aromatic carbocycles. The van der Waals surface area contributed by atoms with E-state index in [0.29, 0.717) is 31.5 Å². The van der Waals surface area contributed by atoms with Crippen molar-refractivity contribution in [2.75, 3.05) is 26.4 Å². The highest BCUT2D eigenvalue weighted by Crippen LogP contribution is 2.18. The topological polar surface area (TPSA) is 67.4 Å². The number of hydrogen-bond acceptors (Lipinski definition) is 7. The SMILES string of the molecule is CCO[Si](CCCNN1C(=S)NC=NC1S)(OCC)OCC. The highest BCUT2D eigenvalue weighted by molar-refractivity contribution is 7.81. The fraction of sp³-hybridized carbons (Fsp3) is 0.833. The van der Waals surface area contributed by atoms with Crippen molar-refractivity contribution >= 4 is 45.1 Å². The number of nitrogens with one attached hydrogen (secondary N) is 2. The molecule has 0 amide bonds. The van der Waals surface area contributed by atoms with Crippen LogP contribution in [0.2, 0.25) is 6.04 Å². The van der Waals surface area contributed by atoms with Gasteiger partial charge in [-0.05, 0) is 39.4 Å². The van der Waals surface area contributed by atoms with Gasteiger partial charge in [0.1, 0.15) is 0 Å². The molecule has 1 rings (SSSR count). The van der Waals surface area contributed by atoms with Crippen molar-refractivity contribution in [1.29, 1.82) is 0 Å². The predicted molar refractivity (Wildman–Crippen MR) is 96.9 cm³/mol. The summed E-state index contributed by atoms with van der Waals surface area (Å²) in [5, 5.41) is 5.14. The Kier molecular flexibility index (Phi) is 9.48. The average molecular weight is 367 g/mol. The maximum atomic E-state index is 5.82. The van der Waals surface area contributed by atoms with Crippen LogP contribution < -0.4 is 10.7 Å². The van der Waals surface area contributed by atoms with Crippen LogP contribution in [-0.2, 0) is 13.3 Å². The Hall–Kier alpha value is -0.233. The van der Waals surface area contributed by atoms with Crippen LogP contribution >= 0.6 is 24.8 Å². The van der Waals surface area contributed by atoms with Crippen molar-refractivity contribution in [3.8, 4) is 0 Å². The van der Waals surface area contributed by atoms with E-state index < -0.39 is 8.80 Å². The van der Waals surface area contributed by atoms with Gasteiger partial charge in [0.25, 0.3) is 0 Å². The number of aliphatic imine (C=N–C) groups is 1. The van der Waals surface area contributed by atoms with Crippen LogP contribution in [0.4, 0.5) is 0 Å².